The average molecular weight is 482 g/mol. The van der Waals surface area contributed by atoms with Crippen molar-refractivity contribution in [1.82, 2.24) is 24.2 Å². The summed E-state index contributed by atoms with van der Waals surface area (Å²) in [6.45, 7) is -1.33. The number of hydrogen-bond acceptors (Lipinski definition) is 5. The van der Waals surface area contributed by atoms with Crippen molar-refractivity contribution in [3.63, 3.8) is 0 Å². The topological polar surface area (TPSA) is 93.2 Å². The zero-order valence-corrected chi connectivity index (χ0v) is 17.1. The average Bonchev–Trinajstić information content (AvgIpc) is 3.23. The van der Waals surface area contributed by atoms with Gasteiger partial charge in [-0.25, -0.2) is 18.3 Å². The molecule has 1 saturated heterocycles. The van der Waals surface area contributed by atoms with Gasteiger partial charge in [0.15, 0.2) is 5.82 Å². The van der Waals surface area contributed by atoms with Crippen molar-refractivity contribution in [1.29, 1.82) is 0 Å². The predicted molar refractivity (Wildman–Crippen MR) is 99.2 cm³/mol. The van der Waals surface area contributed by atoms with Gasteiger partial charge in [0.2, 0.25) is 5.91 Å². The van der Waals surface area contributed by atoms with E-state index in [0.717, 1.165) is 14.1 Å². The highest BCUT2D eigenvalue weighted by molar-refractivity contribution is 6.31. The van der Waals surface area contributed by atoms with Gasteiger partial charge in [0.1, 0.15) is 12.1 Å². The molecule has 8 nitrogen and oxygen atoms in total. The van der Waals surface area contributed by atoms with Gasteiger partial charge < -0.3 is 10.0 Å². The van der Waals surface area contributed by atoms with Gasteiger partial charge in [-0.3, -0.25) is 14.3 Å². The van der Waals surface area contributed by atoms with E-state index >= 15 is 0 Å². The van der Waals surface area contributed by atoms with Crippen LogP contribution in [-0.4, -0.2) is 54.3 Å². The molecule has 1 fully saturated rings. The van der Waals surface area contributed by atoms with Gasteiger partial charge in [-0.1, -0.05) is 11.6 Å². The van der Waals surface area contributed by atoms with Crippen LogP contribution < -0.4 is 5.69 Å². The van der Waals surface area contributed by atoms with Crippen molar-refractivity contribution in [2.75, 3.05) is 13.1 Å². The number of pyridine rings is 1. The minimum absolute atomic E-state index is 0.0416. The van der Waals surface area contributed by atoms with Gasteiger partial charge in [0.25, 0.3) is 5.92 Å². The van der Waals surface area contributed by atoms with Crippen molar-refractivity contribution in [3.05, 3.63) is 44.9 Å². The Morgan fingerprint density at radius 2 is 2.03 bits per heavy atom. The Kier molecular flexibility index (Phi) is 5.52. The first-order valence-electron chi connectivity index (χ1n) is 9.63. The molecule has 0 radical (unpaired) electrons. The van der Waals surface area contributed by atoms with Crippen LogP contribution >= 0.6 is 11.6 Å². The first-order chi connectivity index (χ1) is 14.9. The molecule has 32 heavy (non-hydrogen) atoms. The number of aromatic nitrogens is 4. The van der Waals surface area contributed by atoms with E-state index in [9.17, 15) is 36.6 Å². The molecule has 4 rings (SSSR count). The summed E-state index contributed by atoms with van der Waals surface area (Å²) in [6.07, 6.45) is -5.62. The summed E-state index contributed by atoms with van der Waals surface area (Å²) in [4.78, 5) is 30.4. The molecule has 0 bridgehead atoms. The Balaban J connectivity index is 1.65. The van der Waals surface area contributed by atoms with Crippen molar-refractivity contribution in [2.45, 2.75) is 50.1 Å². The highest BCUT2D eigenvalue weighted by Crippen LogP contribution is 2.34. The Morgan fingerprint density at radius 3 is 2.62 bits per heavy atom. The monoisotopic (exact) mass is 481 g/mol. The van der Waals surface area contributed by atoms with Gasteiger partial charge in [0.05, 0.1) is 29.4 Å². The maximum Gasteiger partial charge on any atom is 0.417 e. The minimum Gasteiger partial charge on any atom is -0.385 e. The van der Waals surface area contributed by atoms with E-state index in [1.165, 1.54) is 0 Å². The molecule has 2 aliphatic rings. The van der Waals surface area contributed by atoms with Crippen LogP contribution in [0.3, 0.4) is 0 Å². The Morgan fingerprint density at radius 1 is 1.31 bits per heavy atom. The summed E-state index contributed by atoms with van der Waals surface area (Å²) >= 11 is 5.89. The van der Waals surface area contributed by atoms with Gasteiger partial charge in [-0.05, 0) is 18.9 Å². The SMILES string of the molecule is O=C([C@@H]1CC[C@H](O)c2nn(Cc3ncc(C(F)(F)F)cc3Cl)c(=O)n21)N1CCC(F)(F)C1. The van der Waals surface area contributed by atoms with Crippen molar-refractivity contribution >= 4 is 17.5 Å². The van der Waals surface area contributed by atoms with Crippen LogP contribution in [-0.2, 0) is 17.5 Å². The fourth-order valence-corrected chi connectivity index (χ4v) is 4.11. The van der Waals surface area contributed by atoms with Crippen molar-refractivity contribution in [3.8, 4) is 0 Å². The summed E-state index contributed by atoms with van der Waals surface area (Å²) < 4.78 is 67.3. The molecular weight excluding hydrogens is 465 g/mol. The highest BCUT2D eigenvalue weighted by Gasteiger charge is 2.44. The van der Waals surface area contributed by atoms with Crippen molar-refractivity contribution < 1.29 is 31.9 Å². The maximum atomic E-state index is 13.5. The Hall–Kier alpha value is -2.54. The normalized spacial score (nSPS) is 22.8. The van der Waals surface area contributed by atoms with E-state index in [4.69, 9.17) is 11.6 Å². The number of carbonyl (C=O) groups excluding carboxylic acids is 1. The predicted octanol–water partition coefficient (Wildman–Crippen LogP) is 2.40. The standard InChI is InChI=1S/C18H17ClF5N5O3/c19-10-5-9(18(22,23)24)6-25-11(10)7-28-16(32)29-12(1-2-13(30)14(29)26-28)15(31)27-4-3-17(20,21)8-27/h5-6,12-13,30H,1-4,7-8H2/t12-,13-/m0/s1. The zero-order valence-electron chi connectivity index (χ0n) is 16.3. The molecule has 2 aromatic heterocycles. The summed E-state index contributed by atoms with van der Waals surface area (Å²) in [5.74, 6) is -3.82. The number of alkyl halides is 5. The number of fused-ring (bicyclic) bond motifs is 1. The van der Waals surface area contributed by atoms with E-state index < -0.39 is 60.9 Å². The summed E-state index contributed by atoms with van der Waals surface area (Å²) in [7, 11) is 0. The number of aliphatic hydroxyl groups is 1. The second-order valence-corrected chi connectivity index (χ2v) is 8.20. The third-order valence-corrected chi connectivity index (χ3v) is 5.86. The molecular formula is C18H17ClF5N5O3. The summed E-state index contributed by atoms with van der Waals surface area (Å²) in [5, 5.41) is 13.9. The fraction of sp³-hybridized carbons (Fsp3) is 0.556. The Bertz CT molecular complexity index is 1120. The van der Waals surface area contributed by atoms with Crippen molar-refractivity contribution in [2.24, 2.45) is 0 Å². The van der Waals surface area contributed by atoms with Crippen LogP contribution in [0, 0.1) is 0 Å². The third kappa shape index (κ3) is 4.10. The lowest BCUT2D eigenvalue weighted by Crippen LogP contribution is -2.43. The number of halogens is 6. The number of carbonyl (C=O) groups is 1. The molecule has 14 heteroatoms. The first kappa shape index (κ1) is 22.6. The van der Waals surface area contributed by atoms with E-state index in [2.05, 4.69) is 10.1 Å². The summed E-state index contributed by atoms with van der Waals surface area (Å²) in [6, 6.07) is -0.459. The second-order valence-electron chi connectivity index (χ2n) is 7.79. The highest BCUT2D eigenvalue weighted by atomic mass is 35.5. The molecule has 4 heterocycles. The molecule has 0 spiro atoms. The second kappa shape index (κ2) is 7.80. The molecule has 0 aromatic carbocycles. The fourth-order valence-electron chi connectivity index (χ4n) is 3.88. The van der Waals surface area contributed by atoms with Crippen LogP contribution in [0.15, 0.2) is 17.1 Å². The molecule has 0 aliphatic carbocycles. The molecule has 1 amide bonds. The Labute approximate surface area is 182 Å². The molecule has 2 aromatic rings. The quantitative estimate of drug-likeness (QED) is 0.680. The van der Waals surface area contributed by atoms with Crippen LogP contribution in [0.5, 0.6) is 0 Å². The lowest BCUT2D eigenvalue weighted by molar-refractivity contribution is -0.138. The number of amides is 1. The first-order valence-corrected chi connectivity index (χ1v) is 10.0. The lowest BCUT2D eigenvalue weighted by Gasteiger charge is -2.29. The van der Waals surface area contributed by atoms with E-state index in [-0.39, 0.29) is 35.9 Å². The molecule has 0 unspecified atom stereocenters. The van der Waals surface area contributed by atoms with Crippen LogP contribution in [0.1, 0.15) is 48.5 Å². The van der Waals surface area contributed by atoms with Gasteiger partial charge in [-0.15, -0.1) is 0 Å². The zero-order chi connectivity index (χ0) is 23.4. The maximum absolute atomic E-state index is 13.5. The van der Waals surface area contributed by atoms with E-state index in [1.54, 1.807) is 0 Å². The molecule has 174 valence electrons. The van der Waals surface area contributed by atoms with Gasteiger partial charge in [0, 0.05) is 19.2 Å². The van der Waals surface area contributed by atoms with Crippen LogP contribution in [0.4, 0.5) is 22.0 Å². The number of rotatable bonds is 3. The molecule has 1 N–H and O–H groups in total. The number of likely N-dealkylation sites (tertiary alicyclic amines) is 1. The number of hydrogen-bond donors (Lipinski definition) is 1. The number of aliphatic hydroxyl groups excluding tert-OH is 1. The van der Waals surface area contributed by atoms with Gasteiger partial charge in [-0.2, -0.15) is 18.3 Å². The lowest BCUT2D eigenvalue weighted by atomic mass is 10.0. The van der Waals surface area contributed by atoms with Crippen LogP contribution in [0.2, 0.25) is 5.02 Å². The third-order valence-electron chi connectivity index (χ3n) is 5.53. The van der Waals surface area contributed by atoms with Gasteiger partial charge >= 0.3 is 11.9 Å². The molecule has 2 atom stereocenters. The van der Waals surface area contributed by atoms with E-state index in [1.807, 2.05) is 0 Å². The van der Waals surface area contributed by atoms with E-state index in [0.29, 0.717) is 12.3 Å². The summed E-state index contributed by atoms with van der Waals surface area (Å²) in [5.41, 5.74) is -1.97. The van der Waals surface area contributed by atoms with Crippen LogP contribution in [0.25, 0.3) is 0 Å². The number of nitrogens with zero attached hydrogens (tertiary/aromatic N) is 5. The molecule has 0 saturated carbocycles. The largest absolute Gasteiger partial charge is 0.417 e. The smallest absolute Gasteiger partial charge is 0.385 e. The minimum atomic E-state index is -4.65. The molecule has 2 aliphatic heterocycles.